The third-order valence-corrected chi connectivity index (χ3v) is 5.80. The summed E-state index contributed by atoms with van der Waals surface area (Å²) in [5.41, 5.74) is 5.48. The zero-order valence-electron chi connectivity index (χ0n) is 15.6. The zero-order valence-corrected chi connectivity index (χ0v) is 15.6. The molecule has 2 bridgehead atoms. The van der Waals surface area contributed by atoms with Crippen LogP contribution in [0, 0.1) is 17.8 Å². The molecule has 1 fully saturated rings. The number of hydrogen-bond acceptors (Lipinski definition) is 2. The van der Waals surface area contributed by atoms with Crippen molar-refractivity contribution in [3.8, 4) is 11.8 Å². The molecule has 0 unspecified atom stereocenters. The second kappa shape index (κ2) is 6.78. The summed E-state index contributed by atoms with van der Waals surface area (Å²) in [6.07, 6.45) is 0.0680. The summed E-state index contributed by atoms with van der Waals surface area (Å²) in [5, 5.41) is 0. The van der Waals surface area contributed by atoms with E-state index in [2.05, 4.69) is 60.4 Å². The Labute approximate surface area is 165 Å². The highest BCUT2D eigenvalue weighted by atomic mass is 16.5. The standard InChI is InChI=1S/C26H20O2/c1-17(27)19-14-11-18(12-15-19)13-16-23-24(20-7-3-2-4-8-20)26-22-10-6-5-9-21(22)25(23)28-26/h2-12,14-15,23-26H,1H3/t23-,24+,25+,26-/m1/s1. The molecule has 3 aromatic rings. The van der Waals surface area contributed by atoms with Crippen LogP contribution >= 0.6 is 0 Å². The predicted octanol–water partition coefficient (Wildman–Crippen LogP) is 5.47. The maximum atomic E-state index is 11.5. The largest absolute Gasteiger partial charge is 0.364 e. The summed E-state index contributed by atoms with van der Waals surface area (Å²) in [7, 11) is 0. The molecule has 0 aliphatic carbocycles. The van der Waals surface area contributed by atoms with Gasteiger partial charge in [0.25, 0.3) is 0 Å². The summed E-state index contributed by atoms with van der Waals surface area (Å²) >= 11 is 0. The number of Topliss-reactive ketones (excluding diaryl/α,β-unsaturated/α-hetero) is 1. The average Bonchev–Trinajstić information content (AvgIpc) is 3.30. The van der Waals surface area contributed by atoms with E-state index in [1.54, 1.807) is 6.92 Å². The van der Waals surface area contributed by atoms with Crippen molar-refractivity contribution in [3.63, 3.8) is 0 Å². The maximum Gasteiger partial charge on any atom is 0.159 e. The fourth-order valence-corrected chi connectivity index (χ4v) is 4.44. The monoisotopic (exact) mass is 364 g/mol. The van der Waals surface area contributed by atoms with Gasteiger partial charge in [0.15, 0.2) is 5.78 Å². The van der Waals surface area contributed by atoms with Gasteiger partial charge in [-0.25, -0.2) is 0 Å². The molecule has 4 atom stereocenters. The minimum absolute atomic E-state index is 0.00963. The molecule has 0 spiro atoms. The van der Waals surface area contributed by atoms with Crippen molar-refractivity contribution < 1.29 is 9.53 Å². The second-order valence-electron chi connectivity index (χ2n) is 7.47. The molecular weight excluding hydrogens is 344 g/mol. The highest BCUT2D eigenvalue weighted by Crippen LogP contribution is 2.60. The number of benzene rings is 3. The molecular formula is C26H20O2. The van der Waals surface area contributed by atoms with Crippen LogP contribution in [0.2, 0.25) is 0 Å². The van der Waals surface area contributed by atoms with E-state index in [1.165, 1.54) is 16.7 Å². The van der Waals surface area contributed by atoms with Crippen molar-refractivity contribution in [2.45, 2.75) is 25.0 Å². The molecule has 136 valence electrons. The van der Waals surface area contributed by atoms with Crippen molar-refractivity contribution >= 4 is 5.78 Å². The van der Waals surface area contributed by atoms with E-state index in [9.17, 15) is 4.79 Å². The molecule has 2 aliphatic rings. The van der Waals surface area contributed by atoms with Gasteiger partial charge >= 0.3 is 0 Å². The highest BCUT2D eigenvalue weighted by molar-refractivity contribution is 5.94. The first-order valence-electron chi connectivity index (χ1n) is 9.64. The summed E-state index contributed by atoms with van der Waals surface area (Å²) in [6.45, 7) is 1.58. The summed E-state index contributed by atoms with van der Waals surface area (Å²) in [6, 6.07) is 26.6. The molecule has 2 heterocycles. The number of fused-ring (bicyclic) bond motifs is 5. The molecule has 5 rings (SSSR count). The number of carbonyl (C=O) groups excluding carboxylic acids is 1. The van der Waals surface area contributed by atoms with Crippen LogP contribution in [0.15, 0.2) is 78.9 Å². The molecule has 28 heavy (non-hydrogen) atoms. The van der Waals surface area contributed by atoms with Gasteiger partial charge in [-0.15, -0.1) is 0 Å². The Hall–Kier alpha value is -3.15. The maximum absolute atomic E-state index is 11.5. The third-order valence-electron chi connectivity index (χ3n) is 5.80. The molecule has 0 amide bonds. The first-order valence-corrected chi connectivity index (χ1v) is 9.64. The summed E-state index contributed by atoms with van der Waals surface area (Å²) < 4.78 is 6.41. The second-order valence-corrected chi connectivity index (χ2v) is 7.47. The lowest BCUT2D eigenvalue weighted by atomic mass is 9.73. The van der Waals surface area contributed by atoms with E-state index in [1.807, 2.05) is 30.3 Å². The van der Waals surface area contributed by atoms with Crippen molar-refractivity contribution in [1.29, 1.82) is 0 Å². The quantitative estimate of drug-likeness (QED) is 0.445. The number of ketones is 1. The van der Waals surface area contributed by atoms with Crippen molar-refractivity contribution in [2.75, 3.05) is 0 Å². The molecule has 3 aromatic carbocycles. The van der Waals surface area contributed by atoms with E-state index in [-0.39, 0.29) is 29.8 Å². The fraction of sp³-hybridized carbons (Fsp3) is 0.192. The predicted molar refractivity (Wildman–Crippen MR) is 109 cm³/mol. The van der Waals surface area contributed by atoms with Crippen molar-refractivity contribution in [3.05, 3.63) is 107 Å². The van der Waals surface area contributed by atoms with Gasteiger partial charge in [0.2, 0.25) is 0 Å². The summed E-state index contributed by atoms with van der Waals surface area (Å²) in [4.78, 5) is 11.5. The lowest BCUT2D eigenvalue weighted by Crippen LogP contribution is -2.19. The Bertz CT molecular complexity index is 1090. The van der Waals surface area contributed by atoms with Gasteiger partial charge in [-0.05, 0) is 35.7 Å². The van der Waals surface area contributed by atoms with Crippen molar-refractivity contribution in [1.82, 2.24) is 0 Å². The molecule has 2 nitrogen and oxygen atoms in total. The van der Waals surface area contributed by atoms with Gasteiger partial charge in [-0.1, -0.05) is 78.6 Å². The molecule has 2 heteroatoms. The zero-order chi connectivity index (χ0) is 19.1. The first-order chi connectivity index (χ1) is 13.7. The third kappa shape index (κ3) is 2.76. The fourth-order valence-electron chi connectivity index (χ4n) is 4.44. The van der Waals surface area contributed by atoms with Crippen LogP contribution < -0.4 is 0 Å². The number of hydrogen-bond donors (Lipinski definition) is 0. The van der Waals surface area contributed by atoms with E-state index >= 15 is 0 Å². The Kier molecular flexibility index (Phi) is 4.11. The van der Waals surface area contributed by atoms with E-state index in [0.29, 0.717) is 5.56 Å². The van der Waals surface area contributed by atoms with Crippen LogP contribution in [0.25, 0.3) is 0 Å². The van der Waals surface area contributed by atoms with Gasteiger partial charge in [-0.3, -0.25) is 4.79 Å². The van der Waals surface area contributed by atoms with Crippen LogP contribution in [0.4, 0.5) is 0 Å². The average molecular weight is 364 g/mol. The molecule has 0 N–H and O–H groups in total. The van der Waals surface area contributed by atoms with Crippen molar-refractivity contribution in [2.24, 2.45) is 5.92 Å². The molecule has 1 saturated heterocycles. The van der Waals surface area contributed by atoms with Gasteiger partial charge in [0.1, 0.15) is 0 Å². The van der Waals surface area contributed by atoms with E-state index < -0.39 is 0 Å². The Morgan fingerprint density at radius 2 is 1.46 bits per heavy atom. The van der Waals surface area contributed by atoms with Gasteiger partial charge in [-0.2, -0.15) is 0 Å². The lowest BCUT2D eigenvalue weighted by Gasteiger charge is -2.26. The van der Waals surface area contributed by atoms with Crippen LogP contribution in [0.5, 0.6) is 0 Å². The minimum atomic E-state index is 0.00963. The molecule has 0 radical (unpaired) electrons. The number of carbonyl (C=O) groups is 1. The highest BCUT2D eigenvalue weighted by Gasteiger charge is 2.52. The normalized spacial score (nSPS) is 24.3. The SMILES string of the molecule is CC(=O)c1ccc(C#C[C@@H]2[C@H](c3ccccc3)[C@@H]3O[C@H]2c2ccccc23)cc1. The van der Waals surface area contributed by atoms with Gasteiger partial charge in [0.05, 0.1) is 18.1 Å². The van der Waals surface area contributed by atoms with E-state index in [4.69, 9.17) is 4.74 Å². The molecule has 2 aliphatic heterocycles. The number of rotatable bonds is 2. The Morgan fingerprint density at radius 3 is 2.14 bits per heavy atom. The van der Waals surface area contributed by atoms with E-state index in [0.717, 1.165) is 5.56 Å². The minimum Gasteiger partial charge on any atom is -0.364 e. The first kappa shape index (κ1) is 17.0. The summed E-state index contributed by atoms with van der Waals surface area (Å²) in [5.74, 6) is 7.24. The van der Waals surface area contributed by atoms with Crippen LogP contribution in [0.3, 0.4) is 0 Å². The Balaban J connectivity index is 1.53. The molecule has 0 aromatic heterocycles. The van der Waals surface area contributed by atoms with Gasteiger partial charge < -0.3 is 4.74 Å². The smallest absolute Gasteiger partial charge is 0.159 e. The Morgan fingerprint density at radius 1 is 0.821 bits per heavy atom. The topological polar surface area (TPSA) is 26.3 Å². The van der Waals surface area contributed by atoms with Crippen LogP contribution in [0.1, 0.15) is 57.7 Å². The van der Waals surface area contributed by atoms with Crippen LogP contribution in [-0.2, 0) is 4.74 Å². The van der Waals surface area contributed by atoms with Gasteiger partial charge in [0, 0.05) is 17.0 Å². The number of ether oxygens (including phenoxy) is 1. The lowest BCUT2D eigenvalue weighted by molar-refractivity contribution is 0.0627. The van der Waals surface area contributed by atoms with Crippen LogP contribution in [-0.4, -0.2) is 5.78 Å². The molecule has 0 saturated carbocycles.